The van der Waals surface area contributed by atoms with Crippen molar-refractivity contribution in [3.8, 4) is 0 Å². The summed E-state index contributed by atoms with van der Waals surface area (Å²) in [5.41, 5.74) is 1.75. The van der Waals surface area contributed by atoms with Gasteiger partial charge in [0.15, 0.2) is 5.69 Å². The number of ether oxygens (including phenoxy) is 1. The third-order valence-corrected chi connectivity index (χ3v) is 4.29. The maximum absolute atomic E-state index is 11.8. The van der Waals surface area contributed by atoms with Crippen molar-refractivity contribution in [1.29, 1.82) is 0 Å². The molecule has 0 amide bonds. The Hall–Kier alpha value is -1.68. The average Bonchev–Trinajstić information content (AvgIpc) is 2.82. The largest absolute Gasteiger partial charge is 0.461 e. The Kier molecular flexibility index (Phi) is 4.90. The van der Waals surface area contributed by atoms with Crippen LogP contribution >= 0.6 is 11.3 Å². The van der Waals surface area contributed by atoms with Crippen LogP contribution in [0.2, 0.25) is 0 Å². The summed E-state index contributed by atoms with van der Waals surface area (Å²) in [5, 5.41) is 0.995. The lowest BCUT2D eigenvalue weighted by atomic mass is 10.0. The Bertz CT molecular complexity index is 577. The Morgan fingerprint density at radius 2 is 2.05 bits per heavy atom. The lowest BCUT2D eigenvalue weighted by Gasteiger charge is -2.07. The second-order valence-electron chi connectivity index (χ2n) is 4.77. The molecule has 0 aliphatic carbocycles. The van der Waals surface area contributed by atoms with E-state index in [1.165, 1.54) is 5.56 Å². The minimum atomic E-state index is -0.320. The molecule has 1 aromatic heterocycles. The molecule has 1 atom stereocenters. The number of esters is 1. The van der Waals surface area contributed by atoms with E-state index in [1.54, 1.807) is 18.3 Å². The van der Waals surface area contributed by atoms with E-state index >= 15 is 0 Å². The van der Waals surface area contributed by atoms with Gasteiger partial charge in [0, 0.05) is 10.8 Å². The molecule has 1 unspecified atom stereocenters. The molecule has 3 nitrogen and oxygen atoms in total. The van der Waals surface area contributed by atoms with Crippen molar-refractivity contribution in [3.63, 3.8) is 0 Å². The topological polar surface area (TPSA) is 39.2 Å². The lowest BCUT2D eigenvalue weighted by molar-refractivity contribution is 0.0519. The lowest BCUT2D eigenvalue weighted by Crippen LogP contribution is -2.07. The van der Waals surface area contributed by atoms with Crippen LogP contribution < -0.4 is 0 Å². The van der Waals surface area contributed by atoms with Crippen LogP contribution in [0.15, 0.2) is 30.3 Å². The molecule has 0 aliphatic rings. The van der Waals surface area contributed by atoms with Gasteiger partial charge in [-0.25, -0.2) is 9.78 Å². The number of hydrogen-bond donors (Lipinski definition) is 0. The van der Waals surface area contributed by atoms with Crippen LogP contribution in [0.5, 0.6) is 0 Å². The van der Waals surface area contributed by atoms with E-state index < -0.39 is 0 Å². The second kappa shape index (κ2) is 6.66. The van der Waals surface area contributed by atoms with Gasteiger partial charge in [-0.2, -0.15) is 0 Å². The maximum Gasteiger partial charge on any atom is 0.358 e. The average molecular weight is 289 g/mol. The third-order valence-electron chi connectivity index (χ3n) is 3.09. The molecule has 1 heterocycles. The van der Waals surface area contributed by atoms with Gasteiger partial charge in [-0.3, -0.25) is 0 Å². The Labute approximate surface area is 123 Å². The van der Waals surface area contributed by atoms with E-state index in [2.05, 4.69) is 24.0 Å². The van der Waals surface area contributed by atoms with Gasteiger partial charge in [-0.1, -0.05) is 37.3 Å². The Morgan fingerprint density at radius 3 is 2.70 bits per heavy atom. The molecule has 4 heteroatoms. The van der Waals surface area contributed by atoms with Crippen LogP contribution in [-0.4, -0.2) is 17.6 Å². The van der Waals surface area contributed by atoms with Crippen molar-refractivity contribution in [2.75, 3.05) is 6.61 Å². The highest BCUT2D eigenvalue weighted by Gasteiger charge is 2.19. The molecule has 0 saturated heterocycles. The highest BCUT2D eigenvalue weighted by molar-refractivity contribution is 7.12. The van der Waals surface area contributed by atoms with Gasteiger partial charge in [0.25, 0.3) is 0 Å². The first-order valence-electron chi connectivity index (χ1n) is 6.80. The molecule has 1 aromatic carbocycles. The zero-order chi connectivity index (χ0) is 14.5. The monoisotopic (exact) mass is 289 g/mol. The zero-order valence-electron chi connectivity index (χ0n) is 12.1. The smallest absolute Gasteiger partial charge is 0.358 e. The SMILES string of the molecule is CCOC(=O)c1nc(C(C)Cc2ccccc2)sc1C. The molecule has 0 fully saturated rings. The first-order valence-corrected chi connectivity index (χ1v) is 7.61. The van der Waals surface area contributed by atoms with Crippen LogP contribution in [0.25, 0.3) is 0 Å². The van der Waals surface area contributed by atoms with Crippen molar-refractivity contribution in [2.24, 2.45) is 0 Å². The van der Waals surface area contributed by atoms with Crippen LogP contribution in [0.1, 0.15) is 45.7 Å². The van der Waals surface area contributed by atoms with Gasteiger partial charge in [0.1, 0.15) is 0 Å². The molecular formula is C16H19NO2S. The molecule has 20 heavy (non-hydrogen) atoms. The van der Waals surface area contributed by atoms with Crippen molar-refractivity contribution >= 4 is 17.3 Å². The number of thiazole rings is 1. The van der Waals surface area contributed by atoms with Gasteiger partial charge >= 0.3 is 5.97 Å². The number of aryl methyl sites for hydroxylation is 1. The van der Waals surface area contributed by atoms with Gasteiger partial charge in [-0.05, 0) is 25.8 Å². The predicted octanol–water partition coefficient (Wildman–Crippen LogP) is 3.97. The fourth-order valence-corrected chi connectivity index (χ4v) is 3.03. The maximum atomic E-state index is 11.8. The summed E-state index contributed by atoms with van der Waals surface area (Å²) in [4.78, 5) is 17.2. The van der Waals surface area contributed by atoms with Crippen molar-refractivity contribution < 1.29 is 9.53 Å². The number of benzene rings is 1. The molecule has 106 valence electrons. The molecule has 2 aromatic rings. The first-order chi connectivity index (χ1) is 9.61. The number of nitrogens with zero attached hydrogens (tertiary/aromatic N) is 1. The van der Waals surface area contributed by atoms with Gasteiger partial charge in [-0.15, -0.1) is 11.3 Å². The zero-order valence-corrected chi connectivity index (χ0v) is 12.9. The fourth-order valence-electron chi connectivity index (χ4n) is 2.07. The molecular weight excluding hydrogens is 270 g/mol. The van der Waals surface area contributed by atoms with E-state index in [9.17, 15) is 4.79 Å². The molecule has 0 radical (unpaired) electrons. The van der Waals surface area contributed by atoms with Gasteiger partial charge in [0.05, 0.1) is 11.6 Å². The van der Waals surface area contributed by atoms with E-state index in [4.69, 9.17) is 4.74 Å². The van der Waals surface area contributed by atoms with Gasteiger partial charge < -0.3 is 4.74 Å². The summed E-state index contributed by atoms with van der Waals surface area (Å²) in [5.74, 6) is -0.0244. The number of carbonyl (C=O) groups excluding carboxylic acids is 1. The number of rotatable bonds is 5. The third kappa shape index (κ3) is 3.45. The summed E-state index contributed by atoms with van der Waals surface area (Å²) >= 11 is 1.58. The normalized spacial score (nSPS) is 12.2. The summed E-state index contributed by atoms with van der Waals surface area (Å²) in [6.07, 6.45) is 0.927. The molecule has 0 saturated carbocycles. The highest BCUT2D eigenvalue weighted by Crippen LogP contribution is 2.27. The predicted molar refractivity (Wildman–Crippen MR) is 81.4 cm³/mol. The van der Waals surface area contributed by atoms with Gasteiger partial charge in [0.2, 0.25) is 0 Å². The van der Waals surface area contributed by atoms with Crippen LogP contribution in [0.3, 0.4) is 0 Å². The van der Waals surface area contributed by atoms with Crippen LogP contribution in [0.4, 0.5) is 0 Å². The molecule has 0 spiro atoms. The minimum absolute atomic E-state index is 0.296. The standard InChI is InChI=1S/C16H19NO2S/c1-4-19-16(18)14-12(3)20-15(17-14)11(2)10-13-8-6-5-7-9-13/h5-9,11H,4,10H2,1-3H3. The molecule has 0 bridgehead atoms. The molecule has 0 N–H and O–H groups in total. The number of carbonyl (C=O) groups is 1. The highest BCUT2D eigenvalue weighted by atomic mass is 32.1. The Morgan fingerprint density at radius 1 is 1.35 bits per heavy atom. The van der Waals surface area contributed by atoms with Crippen molar-refractivity contribution in [2.45, 2.75) is 33.1 Å². The fraction of sp³-hybridized carbons (Fsp3) is 0.375. The quantitative estimate of drug-likeness (QED) is 0.782. The van der Waals surface area contributed by atoms with Crippen LogP contribution in [0, 0.1) is 6.92 Å². The van der Waals surface area contributed by atoms with Crippen molar-refractivity contribution in [3.05, 3.63) is 51.5 Å². The van der Waals surface area contributed by atoms with E-state index in [0.29, 0.717) is 18.2 Å². The summed E-state index contributed by atoms with van der Waals surface area (Å²) in [6.45, 7) is 6.24. The number of hydrogen-bond acceptors (Lipinski definition) is 4. The summed E-state index contributed by atoms with van der Waals surface area (Å²) in [6, 6.07) is 10.3. The summed E-state index contributed by atoms with van der Waals surface area (Å²) in [7, 11) is 0. The first kappa shape index (κ1) is 14.7. The molecule has 2 rings (SSSR count). The van der Waals surface area contributed by atoms with Crippen molar-refractivity contribution in [1.82, 2.24) is 4.98 Å². The summed E-state index contributed by atoms with van der Waals surface area (Å²) < 4.78 is 5.03. The van der Waals surface area contributed by atoms with Crippen LogP contribution in [-0.2, 0) is 11.2 Å². The number of aromatic nitrogens is 1. The molecule has 0 aliphatic heterocycles. The minimum Gasteiger partial charge on any atom is -0.461 e. The Balaban J connectivity index is 2.13. The second-order valence-corrected chi connectivity index (χ2v) is 6.00. The van der Waals surface area contributed by atoms with E-state index in [1.807, 2.05) is 25.1 Å². The van der Waals surface area contributed by atoms with E-state index in [0.717, 1.165) is 16.3 Å². The van der Waals surface area contributed by atoms with E-state index in [-0.39, 0.29) is 5.97 Å².